The Hall–Kier alpha value is -1.02. The van der Waals surface area contributed by atoms with Crippen LogP contribution in [0.5, 0.6) is 0 Å². The molecule has 0 heterocycles. The monoisotopic (exact) mass is 353 g/mol. The molecule has 0 aromatic heterocycles. The third-order valence-corrected chi connectivity index (χ3v) is 2.91. The maximum atomic E-state index is 11.3. The van der Waals surface area contributed by atoms with Gasteiger partial charge in [-0.25, -0.2) is 0 Å². The minimum atomic E-state index is -0.652. The highest BCUT2D eigenvalue weighted by Crippen LogP contribution is 2.26. The Morgan fingerprint density at radius 1 is 1.56 bits per heavy atom. The highest BCUT2D eigenvalue weighted by Gasteiger charge is 2.20. The van der Waals surface area contributed by atoms with Crippen LogP contribution >= 0.6 is 34.2 Å². The van der Waals surface area contributed by atoms with Gasteiger partial charge in [0, 0.05) is 5.56 Å². The number of benzene rings is 1. The Kier molecular flexibility index (Phi) is 4.36. The first-order valence-electron chi connectivity index (χ1n) is 4.03. The number of hydrogen-bond donors (Lipinski definition) is 0. The average molecular weight is 353 g/mol. The maximum absolute atomic E-state index is 11.3. The van der Waals surface area contributed by atoms with Gasteiger partial charge >= 0.3 is 0 Å². The summed E-state index contributed by atoms with van der Waals surface area (Å²) in [6, 6.07) is 2.52. The van der Waals surface area contributed by atoms with Gasteiger partial charge < -0.3 is 0 Å². The number of carbonyl (C=O) groups excluding carboxylic acids is 2. The summed E-state index contributed by atoms with van der Waals surface area (Å²) in [5.41, 5.74) is -0.209. The number of hydrogen-bond acceptors (Lipinski definition) is 4. The van der Waals surface area contributed by atoms with Crippen molar-refractivity contribution in [3.8, 4) is 0 Å². The second-order valence-corrected chi connectivity index (χ2v) is 4.26. The number of rotatable bonds is 4. The van der Waals surface area contributed by atoms with Crippen LogP contribution in [0, 0.1) is 13.7 Å². The maximum Gasteiger partial charge on any atom is 0.293 e. The van der Waals surface area contributed by atoms with E-state index < -0.39 is 4.92 Å². The first-order valence-corrected chi connectivity index (χ1v) is 5.65. The minimum absolute atomic E-state index is 0.120. The number of carbonyl (C=O) groups is 2. The molecule has 0 aliphatic heterocycles. The van der Waals surface area contributed by atoms with Gasteiger partial charge in [-0.3, -0.25) is 19.7 Å². The van der Waals surface area contributed by atoms with E-state index in [0.717, 1.165) is 0 Å². The van der Waals surface area contributed by atoms with Crippen LogP contribution in [-0.4, -0.2) is 22.9 Å². The summed E-state index contributed by atoms with van der Waals surface area (Å²) in [7, 11) is 0. The zero-order chi connectivity index (χ0) is 12.3. The molecule has 0 unspecified atom stereocenters. The summed E-state index contributed by atoms with van der Waals surface area (Å²) in [5.74, 6) is -0.607. The zero-order valence-electron chi connectivity index (χ0n) is 7.78. The van der Waals surface area contributed by atoms with Gasteiger partial charge in [-0.15, -0.1) is 11.6 Å². The second kappa shape index (κ2) is 5.35. The fraction of sp³-hybridized carbons (Fsp3) is 0.111. The van der Waals surface area contributed by atoms with Crippen molar-refractivity contribution < 1.29 is 14.5 Å². The Morgan fingerprint density at radius 3 is 2.62 bits per heavy atom. The lowest BCUT2D eigenvalue weighted by atomic mass is 10.1. The molecule has 0 radical (unpaired) electrons. The molecule has 0 atom stereocenters. The highest BCUT2D eigenvalue weighted by atomic mass is 127. The minimum Gasteiger partial charge on any atom is -0.298 e. The number of ketones is 1. The van der Waals surface area contributed by atoms with Gasteiger partial charge in [0.1, 0.15) is 0 Å². The number of alkyl halides is 1. The fourth-order valence-electron chi connectivity index (χ4n) is 1.14. The van der Waals surface area contributed by atoms with Crippen LogP contribution in [-0.2, 0) is 0 Å². The molecule has 1 rings (SSSR count). The molecule has 5 nitrogen and oxygen atoms in total. The van der Waals surface area contributed by atoms with E-state index in [1.54, 1.807) is 22.6 Å². The lowest BCUT2D eigenvalue weighted by Crippen LogP contribution is -2.05. The average Bonchev–Trinajstić information content (AvgIpc) is 2.26. The summed E-state index contributed by atoms with van der Waals surface area (Å²) in [5, 5.41) is 10.7. The molecule has 0 fully saturated rings. The van der Waals surface area contributed by atoms with Gasteiger partial charge in [-0.2, -0.15) is 0 Å². The first-order chi connectivity index (χ1) is 7.51. The molecule has 0 saturated carbocycles. The summed E-state index contributed by atoms with van der Waals surface area (Å²) in [6.45, 7) is 0. The van der Waals surface area contributed by atoms with Gasteiger partial charge in [-0.1, -0.05) is 0 Å². The van der Waals surface area contributed by atoms with Crippen molar-refractivity contribution in [1.29, 1.82) is 0 Å². The van der Waals surface area contributed by atoms with E-state index in [4.69, 9.17) is 11.6 Å². The Balaban J connectivity index is 3.43. The van der Waals surface area contributed by atoms with E-state index >= 15 is 0 Å². The van der Waals surface area contributed by atoms with Crippen molar-refractivity contribution in [2.24, 2.45) is 0 Å². The van der Waals surface area contributed by atoms with Crippen molar-refractivity contribution >= 4 is 51.9 Å². The van der Waals surface area contributed by atoms with Crippen molar-refractivity contribution in [2.45, 2.75) is 0 Å². The Labute approximate surface area is 109 Å². The molecule has 0 aliphatic carbocycles. The fourth-order valence-corrected chi connectivity index (χ4v) is 2.14. The SMILES string of the molecule is O=Cc1cc(C(=O)CCl)cc(I)c1[N+](=O)[O-]. The van der Waals surface area contributed by atoms with E-state index in [-0.39, 0.29) is 32.0 Å². The molecule has 84 valence electrons. The normalized spacial score (nSPS) is 9.88. The van der Waals surface area contributed by atoms with E-state index in [0.29, 0.717) is 6.29 Å². The molecule has 0 saturated heterocycles. The van der Waals surface area contributed by atoms with Crippen LogP contribution in [0.1, 0.15) is 20.7 Å². The van der Waals surface area contributed by atoms with Crippen molar-refractivity contribution in [3.63, 3.8) is 0 Å². The molecule has 0 aliphatic rings. The van der Waals surface area contributed by atoms with Gasteiger partial charge in [0.2, 0.25) is 0 Å². The van der Waals surface area contributed by atoms with Crippen LogP contribution in [0.4, 0.5) is 5.69 Å². The second-order valence-electron chi connectivity index (χ2n) is 2.83. The van der Waals surface area contributed by atoms with Gasteiger partial charge in [0.15, 0.2) is 12.1 Å². The van der Waals surface area contributed by atoms with Gasteiger partial charge in [0.05, 0.1) is 19.9 Å². The molecule has 1 aromatic carbocycles. The summed E-state index contributed by atoms with van der Waals surface area (Å²) in [6.07, 6.45) is 0.352. The number of halogens is 2. The molecule has 0 N–H and O–H groups in total. The number of nitro groups is 1. The predicted octanol–water partition coefficient (Wildman–Crippen LogP) is 2.43. The van der Waals surface area contributed by atoms with Crippen molar-refractivity contribution in [1.82, 2.24) is 0 Å². The number of Topliss-reactive ketones (excluding diaryl/α,β-unsaturated/α-hetero) is 1. The molecule has 0 bridgehead atoms. The molecule has 0 amide bonds. The van der Waals surface area contributed by atoms with Crippen molar-refractivity contribution in [3.05, 3.63) is 36.9 Å². The van der Waals surface area contributed by atoms with Crippen LogP contribution in [0.25, 0.3) is 0 Å². The van der Waals surface area contributed by atoms with E-state index in [2.05, 4.69) is 0 Å². The van der Waals surface area contributed by atoms with Gasteiger partial charge in [-0.05, 0) is 34.7 Å². The Morgan fingerprint density at radius 2 is 2.19 bits per heavy atom. The third-order valence-electron chi connectivity index (χ3n) is 1.85. The summed E-state index contributed by atoms with van der Waals surface area (Å²) in [4.78, 5) is 32.0. The van der Waals surface area contributed by atoms with Gasteiger partial charge in [0.25, 0.3) is 5.69 Å². The molecule has 0 spiro atoms. The molecular formula is C9H5ClINO4. The standard InChI is InChI=1S/C9H5ClINO4/c10-3-8(14)5-1-6(4-13)9(12(15)16)7(11)2-5/h1-2,4H,3H2. The third kappa shape index (κ3) is 2.56. The Bertz CT molecular complexity index is 475. The molecule has 1 aromatic rings. The van der Waals surface area contributed by atoms with Crippen LogP contribution in [0.15, 0.2) is 12.1 Å². The number of aldehydes is 1. The summed E-state index contributed by atoms with van der Waals surface area (Å²) < 4.78 is 0.237. The van der Waals surface area contributed by atoms with E-state index in [1.165, 1.54) is 12.1 Å². The lowest BCUT2D eigenvalue weighted by molar-refractivity contribution is -0.386. The van der Waals surface area contributed by atoms with Crippen molar-refractivity contribution in [2.75, 3.05) is 5.88 Å². The van der Waals surface area contributed by atoms with E-state index in [9.17, 15) is 19.7 Å². The summed E-state index contributed by atoms with van der Waals surface area (Å²) >= 11 is 7.07. The molecule has 7 heteroatoms. The predicted molar refractivity (Wildman–Crippen MR) is 66.3 cm³/mol. The van der Waals surface area contributed by atoms with Crippen LogP contribution < -0.4 is 0 Å². The first kappa shape index (κ1) is 13.0. The zero-order valence-corrected chi connectivity index (χ0v) is 10.7. The smallest absolute Gasteiger partial charge is 0.293 e. The van der Waals surface area contributed by atoms with E-state index in [1.807, 2.05) is 0 Å². The highest BCUT2D eigenvalue weighted by molar-refractivity contribution is 14.1. The van der Waals surface area contributed by atoms with Crippen LogP contribution in [0.2, 0.25) is 0 Å². The largest absolute Gasteiger partial charge is 0.298 e. The molecule has 16 heavy (non-hydrogen) atoms. The number of nitrogens with zero attached hydrogens (tertiary/aromatic N) is 1. The topological polar surface area (TPSA) is 77.3 Å². The lowest BCUT2D eigenvalue weighted by Gasteiger charge is -2.02. The molecular weight excluding hydrogens is 348 g/mol. The number of nitro benzene ring substituents is 1. The van der Waals surface area contributed by atoms with Crippen LogP contribution in [0.3, 0.4) is 0 Å². The quantitative estimate of drug-likeness (QED) is 0.208.